The predicted octanol–water partition coefficient (Wildman–Crippen LogP) is 13.8. The number of nitrogens with zero attached hydrogens (tertiary/aromatic N) is 3. The Balaban J connectivity index is 1.09. The maximum absolute atomic E-state index is 6.78. The highest BCUT2D eigenvalue weighted by Gasteiger charge is 2.21. The Morgan fingerprint density at radius 1 is 0.286 bits per heavy atom. The van der Waals surface area contributed by atoms with Gasteiger partial charge < -0.3 is 8.83 Å². The summed E-state index contributed by atoms with van der Waals surface area (Å²) in [6, 6.07) is 60.9. The van der Waals surface area contributed by atoms with Crippen LogP contribution in [0.15, 0.2) is 185 Å². The van der Waals surface area contributed by atoms with Crippen molar-refractivity contribution in [1.29, 1.82) is 0 Å². The van der Waals surface area contributed by atoms with Crippen LogP contribution in [0, 0.1) is 0 Å². The van der Waals surface area contributed by atoms with Crippen molar-refractivity contribution in [2.75, 3.05) is 0 Å². The molecule has 12 aromatic rings. The third kappa shape index (κ3) is 4.58. The maximum atomic E-state index is 6.78. The molecule has 0 unspecified atom stereocenters. The topological polar surface area (TPSA) is 65.0 Å². The minimum atomic E-state index is 0.544. The summed E-state index contributed by atoms with van der Waals surface area (Å²) in [6.45, 7) is 0. The summed E-state index contributed by atoms with van der Waals surface area (Å²) in [5.41, 5.74) is 7.91. The molecular formula is C51H29N3O2. The van der Waals surface area contributed by atoms with Crippen LogP contribution in [0.4, 0.5) is 0 Å². The Labute approximate surface area is 320 Å². The van der Waals surface area contributed by atoms with Crippen molar-refractivity contribution in [1.82, 2.24) is 15.0 Å². The summed E-state index contributed by atoms with van der Waals surface area (Å²) in [5.74, 6) is 1.74. The summed E-state index contributed by atoms with van der Waals surface area (Å²) in [5, 5.41) is 11.4. The van der Waals surface area contributed by atoms with Crippen LogP contribution in [0.25, 0.3) is 121 Å². The number of furan rings is 2. The molecule has 0 saturated heterocycles. The van der Waals surface area contributed by atoms with Crippen LogP contribution < -0.4 is 0 Å². The standard InChI is InChI=1S/C51H29N3O2/c1-2-13-30(14-3-1)49-52-50(31-27-28-36-34-17-5-4-15-32(34)33-16-6-7-18-35(33)43(36)29-31)54-51(53-49)42-24-11-23-41-46-38(20-12-26-45(46)56-48(41)42)40-22-10-21-39-37-19-8-9-25-44(37)55-47(39)40/h1-29H. The van der Waals surface area contributed by atoms with E-state index in [0.717, 1.165) is 77.1 Å². The Hall–Kier alpha value is -7.63. The summed E-state index contributed by atoms with van der Waals surface area (Å²) in [6.07, 6.45) is 0. The van der Waals surface area contributed by atoms with Crippen LogP contribution >= 0.6 is 0 Å². The molecule has 3 heterocycles. The van der Waals surface area contributed by atoms with Crippen molar-refractivity contribution < 1.29 is 8.83 Å². The monoisotopic (exact) mass is 715 g/mol. The van der Waals surface area contributed by atoms with Gasteiger partial charge in [0.2, 0.25) is 0 Å². The van der Waals surface area contributed by atoms with Crippen molar-refractivity contribution >= 4 is 76.2 Å². The Kier molecular flexibility index (Phi) is 6.56. The van der Waals surface area contributed by atoms with E-state index in [4.69, 9.17) is 23.8 Å². The molecule has 0 aliphatic rings. The van der Waals surface area contributed by atoms with Gasteiger partial charge in [-0.3, -0.25) is 0 Å². The Morgan fingerprint density at radius 2 is 0.786 bits per heavy atom. The lowest BCUT2D eigenvalue weighted by atomic mass is 9.93. The van der Waals surface area contributed by atoms with Crippen LogP contribution in [0.5, 0.6) is 0 Å². The van der Waals surface area contributed by atoms with Gasteiger partial charge in [-0.05, 0) is 62.1 Å². The third-order valence-electron chi connectivity index (χ3n) is 11.1. The molecule has 5 nitrogen and oxygen atoms in total. The van der Waals surface area contributed by atoms with Crippen LogP contribution in [-0.4, -0.2) is 15.0 Å². The molecule has 0 aliphatic carbocycles. The van der Waals surface area contributed by atoms with Crippen molar-refractivity contribution in [2.24, 2.45) is 0 Å². The van der Waals surface area contributed by atoms with E-state index >= 15 is 0 Å². The quantitative estimate of drug-likeness (QED) is 0.170. The minimum absolute atomic E-state index is 0.544. The van der Waals surface area contributed by atoms with Gasteiger partial charge in [-0.1, -0.05) is 152 Å². The molecule has 3 aromatic heterocycles. The number of rotatable bonds is 4. The summed E-state index contributed by atoms with van der Waals surface area (Å²) >= 11 is 0. The normalized spacial score (nSPS) is 11.9. The smallest absolute Gasteiger partial charge is 0.167 e. The second kappa shape index (κ2) is 11.9. The largest absolute Gasteiger partial charge is 0.455 e. The first-order valence-corrected chi connectivity index (χ1v) is 18.8. The fraction of sp³-hybridized carbons (Fsp3) is 0. The average molecular weight is 716 g/mol. The van der Waals surface area contributed by atoms with Crippen molar-refractivity contribution in [3.8, 4) is 45.3 Å². The molecule has 0 amide bonds. The second-order valence-electron chi connectivity index (χ2n) is 14.3. The zero-order chi connectivity index (χ0) is 36.7. The van der Waals surface area contributed by atoms with Gasteiger partial charge in [0.05, 0.1) is 5.56 Å². The molecule has 9 aromatic carbocycles. The van der Waals surface area contributed by atoms with Crippen LogP contribution in [0.2, 0.25) is 0 Å². The highest BCUT2D eigenvalue weighted by atomic mass is 16.3. The van der Waals surface area contributed by atoms with E-state index in [9.17, 15) is 0 Å². The first-order valence-electron chi connectivity index (χ1n) is 18.8. The van der Waals surface area contributed by atoms with Crippen LogP contribution in [-0.2, 0) is 0 Å². The van der Waals surface area contributed by atoms with E-state index < -0.39 is 0 Å². The number of aromatic nitrogens is 3. The van der Waals surface area contributed by atoms with Crippen LogP contribution in [0.3, 0.4) is 0 Å². The number of para-hydroxylation sites is 3. The molecule has 56 heavy (non-hydrogen) atoms. The lowest BCUT2D eigenvalue weighted by molar-refractivity contribution is 0.669. The van der Waals surface area contributed by atoms with Gasteiger partial charge in [-0.15, -0.1) is 0 Å². The van der Waals surface area contributed by atoms with Gasteiger partial charge in [0.15, 0.2) is 17.5 Å². The molecule has 0 aliphatic heterocycles. The van der Waals surface area contributed by atoms with E-state index in [1.807, 2.05) is 60.7 Å². The molecule has 0 N–H and O–H groups in total. The molecule has 0 spiro atoms. The molecule has 5 heteroatoms. The number of hydrogen-bond donors (Lipinski definition) is 0. The lowest BCUT2D eigenvalue weighted by Crippen LogP contribution is -2.00. The molecule has 0 saturated carbocycles. The first kappa shape index (κ1) is 30.8. The summed E-state index contributed by atoms with van der Waals surface area (Å²) in [4.78, 5) is 15.4. The van der Waals surface area contributed by atoms with Gasteiger partial charge in [-0.2, -0.15) is 0 Å². The lowest BCUT2D eigenvalue weighted by Gasteiger charge is -2.12. The molecular weight excluding hydrogens is 687 g/mol. The van der Waals surface area contributed by atoms with E-state index in [1.165, 1.54) is 26.9 Å². The highest BCUT2D eigenvalue weighted by molar-refractivity contribution is 6.26. The molecule has 260 valence electrons. The fourth-order valence-electron chi connectivity index (χ4n) is 8.60. The minimum Gasteiger partial charge on any atom is -0.455 e. The van der Waals surface area contributed by atoms with E-state index in [2.05, 4.69) is 115 Å². The Morgan fingerprint density at radius 3 is 1.55 bits per heavy atom. The van der Waals surface area contributed by atoms with Gasteiger partial charge >= 0.3 is 0 Å². The average Bonchev–Trinajstić information content (AvgIpc) is 3.85. The van der Waals surface area contributed by atoms with E-state index in [0.29, 0.717) is 17.5 Å². The van der Waals surface area contributed by atoms with E-state index in [-0.39, 0.29) is 0 Å². The third-order valence-corrected chi connectivity index (χ3v) is 11.1. The van der Waals surface area contributed by atoms with Gasteiger partial charge in [0, 0.05) is 38.2 Å². The zero-order valence-corrected chi connectivity index (χ0v) is 29.9. The molecule has 12 rings (SSSR count). The first-order chi connectivity index (χ1) is 27.8. The highest BCUT2D eigenvalue weighted by Crippen LogP contribution is 2.44. The van der Waals surface area contributed by atoms with Crippen LogP contribution in [0.1, 0.15) is 0 Å². The SMILES string of the molecule is c1ccc(-c2nc(-c3ccc4c5ccccc5c5ccccc5c4c3)nc(-c3cccc4c3oc3cccc(-c5cccc6c5oc5ccccc56)c34)n2)cc1. The molecule has 0 fully saturated rings. The van der Waals surface area contributed by atoms with Crippen molar-refractivity contribution in [2.45, 2.75) is 0 Å². The zero-order valence-electron chi connectivity index (χ0n) is 29.9. The van der Waals surface area contributed by atoms with Gasteiger partial charge in [-0.25, -0.2) is 15.0 Å². The predicted molar refractivity (Wildman–Crippen MR) is 229 cm³/mol. The summed E-state index contributed by atoms with van der Waals surface area (Å²) in [7, 11) is 0. The molecule has 0 bridgehead atoms. The number of fused-ring (bicyclic) bond motifs is 12. The van der Waals surface area contributed by atoms with E-state index in [1.54, 1.807) is 0 Å². The van der Waals surface area contributed by atoms with Gasteiger partial charge in [0.1, 0.15) is 22.3 Å². The number of benzene rings is 9. The second-order valence-corrected chi connectivity index (χ2v) is 14.3. The fourth-order valence-corrected chi connectivity index (χ4v) is 8.60. The summed E-state index contributed by atoms with van der Waals surface area (Å²) < 4.78 is 13.3. The molecule has 0 atom stereocenters. The Bertz CT molecular complexity index is 3510. The maximum Gasteiger partial charge on any atom is 0.167 e. The number of hydrogen-bond acceptors (Lipinski definition) is 5. The molecule has 0 radical (unpaired) electrons. The van der Waals surface area contributed by atoms with Crippen molar-refractivity contribution in [3.05, 3.63) is 176 Å². The van der Waals surface area contributed by atoms with Gasteiger partial charge in [0.25, 0.3) is 0 Å². The van der Waals surface area contributed by atoms with Crippen molar-refractivity contribution in [3.63, 3.8) is 0 Å².